The van der Waals surface area contributed by atoms with Crippen molar-refractivity contribution in [3.8, 4) is 0 Å². The van der Waals surface area contributed by atoms with Crippen LogP contribution in [-0.2, 0) is 20.7 Å². The summed E-state index contributed by atoms with van der Waals surface area (Å²) < 4.78 is 5.37. The molecule has 0 unspecified atom stereocenters. The maximum Gasteiger partial charge on any atom is 0.306 e. The maximum absolute atomic E-state index is 13.0. The van der Waals surface area contributed by atoms with Gasteiger partial charge in [-0.15, -0.1) is 0 Å². The summed E-state index contributed by atoms with van der Waals surface area (Å²) in [6.45, 7) is -0.197. The first-order valence-corrected chi connectivity index (χ1v) is 11.3. The highest BCUT2D eigenvalue weighted by Gasteiger charge is 2.27. The minimum atomic E-state index is -0.315. The van der Waals surface area contributed by atoms with Crippen LogP contribution in [0.25, 0.3) is 10.9 Å². The number of anilines is 1. The van der Waals surface area contributed by atoms with Crippen LogP contribution in [0.5, 0.6) is 0 Å². The molecule has 4 rings (SSSR count). The van der Waals surface area contributed by atoms with Crippen LogP contribution < -0.4 is 4.90 Å². The summed E-state index contributed by atoms with van der Waals surface area (Å²) in [5.41, 5.74) is 3.19. The molecule has 1 saturated carbocycles. The van der Waals surface area contributed by atoms with Crippen molar-refractivity contribution < 1.29 is 14.3 Å². The number of aromatic nitrogens is 1. The van der Waals surface area contributed by atoms with E-state index in [0.717, 1.165) is 43.3 Å². The summed E-state index contributed by atoms with van der Waals surface area (Å²) >= 11 is 0. The zero-order valence-electron chi connectivity index (χ0n) is 17.9. The van der Waals surface area contributed by atoms with Gasteiger partial charge in [-0.25, -0.2) is 0 Å². The topological polar surface area (TPSA) is 62.4 Å². The van der Waals surface area contributed by atoms with Gasteiger partial charge in [0.2, 0.25) is 0 Å². The van der Waals surface area contributed by atoms with E-state index >= 15 is 0 Å². The third-order valence-electron chi connectivity index (χ3n) is 6.10. The number of aryl methyl sites for hydroxylation is 1. The van der Waals surface area contributed by atoms with Gasteiger partial charge in [0.1, 0.15) is 0 Å². The molecule has 0 bridgehead atoms. The molecule has 0 saturated heterocycles. The number of nitrogens with one attached hydrogen (secondary N) is 1. The molecule has 0 spiro atoms. The van der Waals surface area contributed by atoms with Gasteiger partial charge in [-0.2, -0.15) is 0 Å². The van der Waals surface area contributed by atoms with E-state index in [-0.39, 0.29) is 24.5 Å². The van der Waals surface area contributed by atoms with E-state index in [1.54, 1.807) is 0 Å². The Hall–Kier alpha value is -3.08. The first-order valence-electron chi connectivity index (χ1n) is 11.3. The van der Waals surface area contributed by atoms with E-state index in [9.17, 15) is 9.59 Å². The minimum Gasteiger partial charge on any atom is -0.456 e. The second-order valence-electron chi connectivity index (χ2n) is 8.26. The Kier molecular flexibility index (Phi) is 7.03. The van der Waals surface area contributed by atoms with Crippen LogP contribution in [0.15, 0.2) is 60.8 Å². The largest absolute Gasteiger partial charge is 0.456 e. The van der Waals surface area contributed by atoms with Gasteiger partial charge in [0.15, 0.2) is 6.61 Å². The molecule has 5 heteroatoms. The van der Waals surface area contributed by atoms with Crippen molar-refractivity contribution in [2.24, 2.45) is 0 Å². The highest BCUT2D eigenvalue weighted by molar-refractivity contribution is 5.95. The fourth-order valence-electron chi connectivity index (χ4n) is 4.53. The highest BCUT2D eigenvalue weighted by atomic mass is 16.5. The van der Waals surface area contributed by atoms with Crippen molar-refractivity contribution >= 4 is 28.5 Å². The average molecular weight is 419 g/mol. The van der Waals surface area contributed by atoms with E-state index in [1.165, 1.54) is 17.4 Å². The maximum atomic E-state index is 13.0. The van der Waals surface area contributed by atoms with E-state index in [4.69, 9.17) is 4.74 Å². The van der Waals surface area contributed by atoms with Crippen molar-refractivity contribution in [3.05, 3.63) is 66.4 Å². The molecule has 0 radical (unpaired) electrons. The summed E-state index contributed by atoms with van der Waals surface area (Å²) in [5, 5.41) is 1.19. The smallest absolute Gasteiger partial charge is 0.306 e. The van der Waals surface area contributed by atoms with E-state index in [1.807, 2.05) is 59.6 Å². The predicted molar refractivity (Wildman–Crippen MR) is 123 cm³/mol. The standard InChI is InChI=1S/C26H30N2O3/c29-25(28(21-11-3-1-4-12-21)22-13-5-2-6-14-22)19-31-26(30)17-9-10-20-18-27-24-16-8-7-15-23(20)24/h1,3-4,7-8,11-12,15-16,18,22,27H,2,5-6,9-10,13-14,17,19H2. The summed E-state index contributed by atoms with van der Waals surface area (Å²) in [4.78, 5) is 30.4. The number of hydrogen-bond acceptors (Lipinski definition) is 3. The molecule has 31 heavy (non-hydrogen) atoms. The number of carbonyl (C=O) groups excluding carboxylic acids is 2. The Balaban J connectivity index is 1.29. The van der Waals surface area contributed by atoms with Crippen LogP contribution in [0.3, 0.4) is 0 Å². The molecule has 1 aliphatic rings. The van der Waals surface area contributed by atoms with Gasteiger partial charge in [0, 0.05) is 35.2 Å². The number of nitrogens with zero attached hydrogens (tertiary/aromatic N) is 1. The van der Waals surface area contributed by atoms with Gasteiger partial charge in [0.25, 0.3) is 5.91 Å². The molecule has 5 nitrogen and oxygen atoms in total. The van der Waals surface area contributed by atoms with Crippen LogP contribution in [-0.4, -0.2) is 29.5 Å². The zero-order valence-corrected chi connectivity index (χ0v) is 17.9. The lowest BCUT2D eigenvalue weighted by Gasteiger charge is -2.34. The van der Waals surface area contributed by atoms with Crippen molar-refractivity contribution in [2.45, 2.75) is 57.4 Å². The molecule has 0 aliphatic heterocycles. The fourth-order valence-corrected chi connectivity index (χ4v) is 4.53. The number of H-pyrrole nitrogens is 1. The Morgan fingerprint density at radius 1 is 0.968 bits per heavy atom. The normalized spacial score (nSPS) is 14.5. The number of ether oxygens (including phenoxy) is 1. The lowest BCUT2D eigenvalue weighted by atomic mass is 9.93. The van der Waals surface area contributed by atoms with Gasteiger partial charge in [-0.1, -0.05) is 55.7 Å². The predicted octanol–water partition coefficient (Wildman–Crippen LogP) is 5.40. The van der Waals surface area contributed by atoms with Gasteiger partial charge in [-0.05, 0) is 49.4 Å². The van der Waals surface area contributed by atoms with Crippen molar-refractivity contribution in [1.82, 2.24) is 4.98 Å². The third kappa shape index (κ3) is 5.35. The fraction of sp³-hybridized carbons (Fsp3) is 0.385. The molecule has 2 aromatic carbocycles. The van der Waals surface area contributed by atoms with Gasteiger partial charge in [-0.3, -0.25) is 9.59 Å². The lowest BCUT2D eigenvalue weighted by Crippen LogP contribution is -2.43. The first kappa shape index (κ1) is 21.2. The SMILES string of the molecule is O=C(CCCc1c[nH]c2ccccc12)OCC(=O)N(c1ccccc1)C1CCCCC1. The molecule has 162 valence electrons. The number of esters is 1. The molecule has 0 atom stereocenters. The highest BCUT2D eigenvalue weighted by Crippen LogP contribution is 2.27. The molecule has 3 aromatic rings. The molecular formula is C26H30N2O3. The van der Waals surface area contributed by atoms with Gasteiger partial charge in [0.05, 0.1) is 0 Å². The number of rotatable bonds is 8. The number of benzene rings is 2. The summed E-state index contributed by atoms with van der Waals surface area (Å²) in [7, 11) is 0. The van der Waals surface area contributed by atoms with Crippen molar-refractivity contribution in [3.63, 3.8) is 0 Å². The Bertz CT molecular complexity index is 1010. The molecule has 1 aliphatic carbocycles. The number of hydrogen-bond donors (Lipinski definition) is 1. The van der Waals surface area contributed by atoms with Gasteiger partial charge >= 0.3 is 5.97 Å². The Morgan fingerprint density at radius 2 is 1.71 bits per heavy atom. The zero-order chi connectivity index (χ0) is 21.5. The number of aromatic amines is 1. The third-order valence-corrected chi connectivity index (χ3v) is 6.10. The molecule has 1 heterocycles. The van der Waals surface area contributed by atoms with Crippen molar-refractivity contribution in [1.29, 1.82) is 0 Å². The summed E-state index contributed by atoms with van der Waals surface area (Å²) in [5.74, 6) is -0.451. The Labute approximate surface area is 183 Å². The van der Waals surface area contributed by atoms with Crippen LogP contribution in [0.4, 0.5) is 5.69 Å². The monoisotopic (exact) mass is 418 g/mol. The molecule has 1 amide bonds. The van der Waals surface area contributed by atoms with Crippen LogP contribution >= 0.6 is 0 Å². The van der Waals surface area contributed by atoms with Crippen LogP contribution in [0.1, 0.15) is 50.5 Å². The average Bonchev–Trinajstić information content (AvgIpc) is 3.22. The van der Waals surface area contributed by atoms with Crippen LogP contribution in [0.2, 0.25) is 0 Å². The van der Waals surface area contributed by atoms with Crippen molar-refractivity contribution in [2.75, 3.05) is 11.5 Å². The number of amides is 1. The summed E-state index contributed by atoms with van der Waals surface area (Å²) in [6, 6.07) is 18.1. The van der Waals surface area contributed by atoms with E-state index in [2.05, 4.69) is 11.1 Å². The number of carbonyl (C=O) groups is 2. The molecule has 1 fully saturated rings. The second-order valence-corrected chi connectivity index (χ2v) is 8.26. The minimum absolute atomic E-state index is 0.136. The molecular weight excluding hydrogens is 388 g/mol. The quantitative estimate of drug-likeness (QED) is 0.498. The Morgan fingerprint density at radius 3 is 2.52 bits per heavy atom. The van der Waals surface area contributed by atoms with E-state index in [0.29, 0.717) is 12.8 Å². The number of para-hydroxylation sites is 2. The molecule has 1 aromatic heterocycles. The molecule has 1 N–H and O–H groups in total. The lowest BCUT2D eigenvalue weighted by molar-refractivity contribution is -0.148. The first-order chi connectivity index (χ1) is 15.2. The van der Waals surface area contributed by atoms with E-state index < -0.39 is 0 Å². The van der Waals surface area contributed by atoms with Gasteiger partial charge < -0.3 is 14.6 Å². The number of fused-ring (bicyclic) bond motifs is 1. The summed E-state index contributed by atoms with van der Waals surface area (Å²) in [6.07, 6.45) is 9.29. The van der Waals surface area contributed by atoms with Crippen LogP contribution in [0, 0.1) is 0 Å². The second kappa shape index (κ2) is 10.3.